The third-order valence-corrected chi connectivity index (χ3v) is 8.26. The highest BCUT2D eigenvalue weighted by Gasteiger charge is 2.34. The number of ether oxygens (including phenoxy) is 2. The number of para-hydroxylation sites is 2. The highest BCUT2D eigenvalue weighted by atomic mass is 32.2. The molecule has 0 aliphatic heterocycles. The molecule has 0 spiro atoms. The SMILES string of the molecule is Cc1c(OCC(F)(F)F)ccnc1C[S+]([O-])c1nc2ccccc2n1S(=O)(=O)c1ccc(OC(F)(F)F)cc1. The van der Waals surface area contributed by atoms with Gasteiger partial charge in [-0.15, -0.1) is 13.2 Å². The fourth-order valence-electron chi connectivity index (χ4n) is 3.49. The highest BCUT2D eigenvalue weighted by Crippen LogP contribution is 2.31. The molecular weight excluding hydrogens is 576 g/mol. The van der Waals surface area contributed by atoms with E-state index in [4.69, 9.17) is 4.74 Å². The van der Waals surface area contributed by atoms with Gasteiger partial charge in [-0.3, -0.25) is 4.98 Å². The van der Waals surface area contributed by atoms with Crippen LogP contribution in [0.15, 0.2) is 70.8 Å². The zero-order valence-electron chi connectivity index (χ0n) is 19.7. The van der Waals surface area contributed by atoms with E-state index in [1.807, 2.05) is 0 Å². The van der Waals surface area contributed by atoms with E-state index in [9.17, 15) is 39.3 Å². The highest BCUT2D eigenvalue weighted by molar-refractivity contribution is 7.93. The van der Waals surface area contributed by atoms with E-state index in [-0.39, 0.29) is 28.0 Å². The van der Waals surface area contributed by atoms with Gasteiger partial charge in [0.1, 0.15) is 11.5 Å². The Morgan fingerprint density at radius 2 is 1.67 bits per heavy atom. The molecule has 4 aromatic rings. The fraction of sp³-hybridized carbons (Fsp3) is 0.217. The maximum Gasteiger partial charge on any atom is 0.573 e. The number of hydrogen-bond acceptors (Lipinski definition) is 7. The molecule has 0 radical (unpaired) electrons. The van der Waals surface area contributed by atoms with Gasteiger partial charge in [-0.2, -0.15) is 22.1 Å². The first-order chi connectivity index (χ1) is 18.2. The van der Waals surface area contributed by atoms with E-state index in [1.165, 1.54) is 31.2 Å². The summed E-state index contributed by atoms with van der Waals surface area (Å²) in [5.74, 6) is -1.21. The van der Waals surface area contributed by atoms with Crippen LogP contribution in [0.25, 0.3) is 11.0 Å². The van der Waals surface area contributed by atoms with Crippen LogP contribution in [-0.2, 0) is 27.0 Å². The average molecular weight is 594 g/mol. The van der Waals surface area contributed by atoms with E-state index < -0.39 is 61.9 Å². The minimum atomic E-state index is -4.98. The van der Waals surface area contributed by atoms with Crippen molar-refractivity contribution < 1.29 is 48.8 Å². The van der Waals surface area contributed by atoms with Crippen LogP contribution in [0.5, 0.6) is 11.5 Å². The van der Waals surface area contributed by atoms with Crippen molar-refractivity contribution in [2.24, 2.45) is 0 Å². The molecule has 1 atom stereocenters. The van der Waals surface area contributed by atoms with Crippen molar-refractivity contribution in [3.8, 4) is 11.5 Å². The number of pyridine rings is 1. The van der Waals surface area contributed by atoms with Crippen molar-refractivity contribution in [3.05, 3.63) is 72.1 Å². The summed E-state index contributed by atoms with van der Waals surface area (Å²) in [6, 6.07) is 10.6. The lowest BCUT2D eigenvalue weighted by Crippen LogP contribution is -2.21. The molecule has 2 heterocycles. The molecule has 2 aromatic carbocycles. The Bertz CT molecular complexity index is 1590. The maximum absolute atomic E-state index is 13.6. The second kappa shape index (κ2) is 10.6. The van der Waals surface area contributed by atoms with Crippen molar-refractivity contribution in [2.75, 3.05) is 6.61 Å². The van der Waals surface area contributed by atoms with Crippen LogP contribution in [0.1, 0.15) is 11.3 Å². The van der Waals surface area contributed by atoms with Crippen LogP contribution < -0.4 is 9.47 Å². The average Bonchev–Trinajstić information content (AvgIpc) is 3.24. The molecule has 2 aromatic heterocycles. The molecule has 0 saturated carbocycles. The third-order valence-electron chi connectivity index (χ3n) is 5.21. The zero-order chi connectivity index (χ0) is 28.6. The number of hydrogen-bond donors (Lipinski definition) is 0. The van der Waals surface area contributed by atoms with E-state index in [2.05, 4.69) is 14.7 Å². The molecular formula is C23H17F6N3O5S2. The van der Waals surface area contributed by atoms with Crippen molar-refractivity contribution in [2.45, 2.75) is 35.3 Å². The van der Waals surface area contributed by atoms with Gasteiger partial charge in [-0.25, -0.2) is 8.42 Å². The third kappa shape index (κ3) is 6.57. The molecule has 0 aliphatic rings. The number of alkyl halides is 6. The largest absolute Gasteiger partial charge is 0.609 e. The summed E-state index contributed by atoms with van der Waals surface area (Å²) >= 11 is -2.20. The summed E-state index contributed by atoms with van der Waals surface area (Å²) < 4.78 is 125. The molecule has 16 heteroatoms. The minimum Gasteiger partial charge on any atom is -0.609 e. The van der Waals surface area contributed by atoms with Gasteiger partial charge in [0.2, 0.25) is 0 Å². The van der Waals surface area contributed by atoms with Gasteiger partial charge in [-0.05, 0) is 49.4 Å². The molecule has 0 fully saturated rings. The molecule has 208 valence electrons. The first-order valence-corrected chi connectivity index (χ1v) is 13.5. The molecule has 1 unspecified atom stereocenters. The summed E-state index contributed by atoms with van der Waals surface area (Å²) in [7, 11) is -4.54. The summed E-state index contributed by atoms with van der Waals surface area (Å²) in [6.45, 7) is -0.142. The maximum atomic E-state index is 13.6. The van der Waals surface area contributed by atoms with Crippen molar-refractivity contribution in [1.29, 1.82) is 0 Å². The number of aromatic nitrogens is 3. The smallest absolute Gasteiger partial charge is 0.573 e. The van der Waals surface area contributed by atoms with Crippen molar-refractivity contribution in [1.82, 2.24) is 13.9 Å². The molecule has 39 heavy (non-hydrogen) atoms. The lowest BCUT2D eigenvalue weighted by molar-refractivity contribution is -0.274. The summed E-state index contributed by atoms with van der Waals surface area (Å²) in [4.78, 5) is 7.80. The lowest BCUT2D eigenvalue weighted by Gasteiger charge is -2.16. The zero-order valence-corrected chi connectivity index (χ0v) is 21.3. The van der Waals surface area contributed by atoms with E-state index >= 15 is 0 Å². The van der Waals surface area contributed by atoms with Crippen LogP contribution in [0.2, 0.25) is 0 Å². The number of nitrogens with zero attached hydrogens (tertiary/aromatic N) is 3. The van der Waals surface area contributed by atoms with E-state index in [0.29, 0.717) is 3.97 Å². The van der Waals surface area contributed by atoms with Crippen molar-refractivity contribution in [3.63, 3.8) is 0 Å². The molecule has 0 aliphatic carbocycles. The summed E-state index contributed by atoms with van der Waals surface area (Å²) in [5.41, 5.74) is 0.454. The number of halogens is 6. The van der Waals surface area contributed by atoms with Gasteiger partial charge in [0, 0.05) is 22.9 Å². The molecule has 0 bridgehead atoms. The first kappa shape index (κ1) is 28.5. The van der Waals surface area contributed by atoms with Crippen LogP contribution in [0, 0.1) is 6.92 Å². The standard InChI is InChI=1S/C23H17F6N3O5S2/c1-14-18(30-11-10-20(14)36-13-22(24,25)26)12-38(33)21-31-17-4-2-3-5-19(17)32(21)39(34,35)16-8-6-15(7-9-16)37-23(27,28)29/h2-11H,12-13H2,1H3. The summed E-state index contributed by atoms with van der Waals surface area (Å²) in [5, 5.41) is -0.422. The quantitative estimate of drug-likeness (QED) is 0.206. The molecule has 0 saturated heterocycles. The Labute approximate surface area is 220 Å². The Morgan fingerprint density at radius 3 is 2.31 bits per heavy atom. The van der Waals surface area contributed by atoms with Gasteiger partial charge >= 0.3 is 17.7 Å². The number of imidazole rings is 1. The number of benzene rings is 2. The molecule has 8 nitrogen and oxygen atoms in total. The van der Waals surface area contributed by atoms with Crippen molar-refractivity contribution >= 4 is 32.2 Å². The van der Waals surface area contributed by atoms with E-state index in [0.717, 1.165) is 30.5 Å². The number of fused-ring (bicyclic) bond motifs is 1. The van der Waals surface area contributed by atoms with Crippen LogP contribution >= 0.6 is 0 Å². The predicted octanol–water partition coefficient (Wildman–Crippen LogP) is 5.12. The van der Waals surface area contributed by atoms with Crippen LogP contribution in [-0.4, -0.2) is 46.1 Å². The Kier molecular flexibility index (Phi) is 7.73. The van der Waals surface area contributed by atoms with Gasteiger partial charge in [-0.1, -0.05) is 12.1 Å². The molecule has 0 N–H and O–H groups in total. The number of rotatable bonds is 8. The Hall–Kier alpha value is -3.50. The fourth-order valence-corrected chi connectivity index (χ4v) is 6.53. The minimum absolute atomic E-state index is 0.0448. The topological polar surface area (TPSA) is 106 Å². The lowest BCUT2D eigenvalue weighted by atomic mass is 10.2. The van der Waals surface area contributed by atoms with E-state index in [1.54, 1.807) is 6.07 Å². The van der Waals surface area contributed by atoms with Gasteiger partial charge in [0.15, 0.2) is 12.4 Å². The van der Waals surface area contributed by atoms with Crippen LogP contribution in [0.3, 0.4) is 0 Å². The normalized spacial score (nSPS) is 13.4. The Balaban J connectivity index is 1.71. The van der Waals surface area contributed by atoms with Gasteiger partial charge in [0.05, 0.1) is 21.6 Å². The second-order valence-corrected chi connectivity index (χ2v) is 11.1. The monoisotopic (exact) mass is 593 g/mol. The van der Waals surface area contributed by atoms with Crippen LogP contribution in [0.4, 0.5) is 26.3 Å². The molecule has 0 amide bonds. The molecule has 4 rings (SSSR count). The first-order valence-electron chi connectivity index (χ1n) is 10.8. The second-order valence-electron chi connectivity index (χ2n) is 7.95. The summed E-state index contributed by atoms with van der Waals surface area (Å²) in [6.07, 6.45) is -8.41. The van der Waals surface area contributed by atoms with Gasteiger partial charge < -0.3 is 14.0 Å². The Morgan fingerprint density at radius 1 is 1.00 bits per heavy atom. The van der Waals surface area contributed by atoms with Gasteiger partial charge in [0.25, 0.3) is 10.0 Å². The predicted molar refractivity (Wildman–Crippen MR) is 126 cm³/mol.